The van der Waals surface area contributed by atoms with Crippen molar-refractivity contribution in [1.29, 1.82) is 0 Å². The first-order valence-corrected chi connectivity index (χ1v) is 7.09. The quantitative estimate of drug-likeness (QED) is 0.669. The highest BCUT2D eigenvalue weighted by Crippen LogP contribution is 2.26. The van der Waals surface area contributed by atoms with Crippen LogP contribution >= 0.6 is 27.3 Å². The zero-order valence-corrected chi connectivity index (χ0v) is 12.2. The average Bonchev–Trinajstić information content (AvgIpc) is 2.75. The maximum absolute atomic E-state index is 13.8. The number of aromatic nitrogens is 1. The van der Waals surface area contributed by atoms with Gasteiger partial charge in [-0.05, 0) is 31.0 Å². The lowest BCUT2D eigenvalue weighted by atomic mass is 10.0. The Morgan fingerprint density at radius 3 is 2.89 bits per heavy atom. The first-order valence-electron chi connectivity index (χ1n) is 5.42. The monoisotopic (exact) mass is 329 g/mol. The summed E-state index contributed by atoms with van der Waals surface area (Å²) < 4.78 is 14.5. The molecule has 0 saturated carbocycles. The normalized spacial score (nSPS) is 12.7. The predicted octanol–water partition coefficient (Wildman–Crippen LogP) is 3.10. The van der Waals surface area contributed by atoms with Crippen molar-refractivity contribution in [1.82, 2.24) is 10.4 Å². The molecule has 1 heterocycles. The van der Waals surface area contributed by atoms with Gasteiger partial charge in [0.1, 0.15) is 5.82 Å². The van der Waals surface area contributed by atoms with E-state index in [1.54, 1.807) is 11.6 Å². The van der Waals surface area contributed by atoms with E-state index in [0.29, 0.717) is 12.0 Å². The molecule has 0 spiro atoms. The van der Waals surface area contributed by atoms with Crippen molar-refractivity contribution in [2.24, 2.45) is 5.84 Å². The summed E-state index contributed by atoms with van der Waals surface area (Å²) in [4.78, 5) is 5.23. The van der Waals surface area contributed by atoms with Gasteiger partial charge in [0, 0.05) is 9.35 Å². The summed E-state index contributed by atoms with van der Waals surface area (Å²) in [5, 5.41) is 0. The number of halogens is 2. The van der Waals surface area contributed by atoms with Crippen molar-refractivity contribution in [3.05, 3.63) is 50.1 Å². The molecule has 1 aromatic heterocycles. The van der Waals surface area contributed by atoms with Gasteiger partial charge in [0.25, 0.3) is 0 Å². The van der Waals surface area contributed by atoms with Crippen LogP contribution in [0.3, 0.4) is 0 Å². The van der Waals surface area contributed by atoms with Crippen LogP contribution in [0, 0.1) is 12.7 Å². The number of rotatable bonds is 4. The molecule has 1 aromatic carbocycles. The third kappa shape index (κ3) is 2.95. The number of hydrogen-bond acceptors (Lipinski definition) is 4. The fourth-order valence-electron chi connectivity index (χ4n) is 1.78. The van der Waals surface area contributed by atoms with E-state index < -0.39 is 0 Å². The van der Waals surface area contributed by atoms with E-state index >= 15 is 0 Å². The number of thiazole rings is 1. The molecule has 3 nitrogen and oxygen atoms in total. The minimum absolute atomic E-state index is 0.117. The zero-order chi connectivity index (χ0) is 13.1. The lowest BCUT2D eigenvalue weighted by molar-refractivity contribution is 0.532. The number of hydrazine groups is 1. The fraction of sp³-hybridized carbons (Fsp3) is 0.250. The smallest absolute Gasteiger partial charge is 0.127 e. The number of benzene rings is 1. The van der Waals surface area contributed by atoms with Crippen LogP contribution < -0.4 is 11.3 Å². The second-order valence-electron chi connectivity index (χ2n) is 3.96. The molecule has 2 aromatic rings. The van der Waals surface area contributed by atoms with Gasteiger partial charge in [0.2, 0.25) is 0 Å². The van der Waals surface area contributed by atoms with Crippen LogP contribution in [-0.2, 0) is 6.42 Å². The van der Waals surface area contributed by atoms with Crippen molar-refractivity contribution in [2.45, 2.75) is 19.4 Å². The minimum Gasteiger partial charge on any atom is -0.271 e. The van der Waals surface area contributed by atoms with E-state index in [9.17, 15) is 4.39 Å². The minimum atomic E-state index is -0.230. The molecule has 3 N–H and O–H groups in total. The van der Waals surface area contributed by atoms with E-state index in [2.05, 4.69) is 26.3 Å². The third-order valence-electron chi connectivity index (χ3n) is 2.74. The number of nitrogens with one attached hydrogen (secondary N) is 1. The van der Waals surface area contributed by atoms with E-state index in [-0.39, 0.29) is 11.9 Å². The molecule has 0 bridgehead atoms. The van der Waals surface area contributed by atoms with Gasteiger partial charge >= 0.3 is 0 Å². The molecular weight excluding hydrogens is 317 g/mol. The van der Waals surface area contributed by atoms with Crippen LogP contribution in [0.1, 0.15) is 22.2 Å². The average molecular weight is 330 g/mol. The third-order valence-corrected chi connectivity index (χ3v) is 4.28. The van der Waals surface area contributed by atoms with Crippen LogP contribution in [0.2, 0.25) is 0 Å². The maximum atomic E-state index is 13.8. The van der Waals surface area contributed by atoms with Gasteiger partial charge in [-0.2, -0.15) is 0 Å². The molecule has 0 saturated heterocycles. The van der Waals surface area contributed by atoms with Crippen molar-refractivity contribution in [2.75, 3.05) is 0 Å². The lowest BCUT2D eigenvalue weighted by Crippen LogP contribution is -2.29. The SMILES string of the molecule is Cc1ncsc1C(Cc1ccc(Br)cc1F)NN. The van der Waals surface area contributed by atoms with Crippen molar-refractivity contribution >= 4 is 27.3 Å². The molecule has 18 heavy (non-hydrogen) atoms. The highest BCUT2D eigenvalue weighted by atomic mass is 79.9. The summed E-state index contributed by atoms with van der Waals surface area (Å²) in [5.41, 5.74) is 6.06. The second kappa shape index (κ2) is 5.88. The summed E-state index contributed by atoms with van der Waals surface area (Å²) in [6.45, 7) is 1.92. The van der Waals surface area contributed by atoms with Crippen LogP contribution in [0.4, 0.5) is 4.39 Å². The second-order valence-corrected chi connectivity index (χ2v) is 5.76. The molecule has 0 aliphatic heterocycles. The molecule has 0 radical (unpaired) electrons. The fourth-order valence-corrected chi connectivity index (χ4v) is 2.98. The van der Waals surface area contributed by atoms with Crippen LogP contribution in [0.25, 0.3) is 0 Å². The number of nitrogens with two attached hydrogens (primary N) is 1. The molecule has 0 fully saturated rings. The first kappa shape index (κ1) is 13.6. The van der Waals surface area contributed by atoms with Crippen LogP contribution in [0.5, 0.6) is 0 Å². The van der Waals surface area contributed by atoms with Crippen LogP contribution in [0.15, 0.2) is 28.2 Å². The Bertz CT molecular complexity index is 544. The first-order chi connectivity index (χ1) is 8.61. The molecule has 0 aliphatic carbocycles. The standard InChI is InChI=1S/C12H13BrFN3S/c1-7-12(18-6-16-7)11(17-15)4-8-2-3-9(13)5-10(8)14/h2-3,5-6,11,17H,4,15H2,1H3. The summed E-state index contributed by atoms with van der Waals surface area (Å²) in [6.07, 6.45) is 0.499. The molecule has 1 unspecified atom stereocenters. The molecule has 0 aliphatic rings. The Hall–Kier alpha value is -0.820. The van der Waals surface area contributed by atoms with Crippen molar-refractivity contribution in [3.63, 3.8) is 0 Å². The van der Waals surface area contributed by atoms with E-state index in [1.165, 1.54) is 17.4 Å². The Kier molecular flexibility index (Phi) is 4.45. The van der Waals surface area contributed by atoms with Crippen LogP contribution in [-0.4, -0.2) is 4.98 Å². The van der Waals surface area contributed by atoms with Crippen molar-refractivity contribution < 1.29 is 4.39 Å². The van der Waals surface area contributed by atoms with E-state index in [4.69, 9.17) is 5.84 Å². The Labute approximate surface area is 117 Å². The van der Waals surface area contributed by atoms with Gasteiger partial charge in [-0.25, -0.2) is 9.37 Å². The number of aryl methyl sites for hydroxylation is 1. The summed E-state index contributed by atoms with van der Waals surface area (Å²) in [7, 11) is 0. The van der Waals surface area contributed by atoms with Gasteiger partial charge in [-0.3, -0.25) is 11.3 Å². The molecule has 6 heteroatoms. The molecule has 1 atom stereocenters. The van der Waals surface area contributed by atoms with Gasteiger partial charge in [-0.15, -0.1) is 11.3 Å². The predicted molar refractivity (Wildman–Crippen MR) is 74.7 cm³/mol. The summed E-state index contributed by atoms with van der Waals surface area (Å²) in [6, 6.07) is 4.93. The van der Waals surface area contributed by atoms with Gasteiger partial charge in [0.05, 0.1) is 17.2 Å². The van der Waals surface area contributed by atoms with E-state index in [1.807, 2.05) is 13.0 Å². The molecule has 2 rings (SSSR count). The lowest BCUT2D eigenvalue weighted by Gasteiger charge is -2.15. The summed E-state index contributed by atoms with van der Waals surface area (Å²) >= 11 is 4.77. The number of hydrogen-bond donors (Lipinski definition) is 2. The number of nitrogens with zero attached hydrogens (tertiary/aromatic N) is 1. The molecule has 96 valence electrons. The summed E-state index contributed by atoms with van der Waals surface area (Å²) in [5.74, 6) is 5.33. The van der Waals surface area contributed by atoms with Gasteiger partial charge in [0.15, 0.2) is 0 Å². The Morgan fingerprint density at radius 2 is 2.33 bits per heavy atom. The highest BCUT2D eigenvalue weighted by Gasteiger charge is 2.17. The topological polar surface area (TPSA) is 50.9 Å². The van der Waals surface area contributed by atoms with Crippen molar-refractivity contribution in [3.8, 4) is 0 Å². The molecule has 0 amide bonds. The Morgan fingerprint density at radius 1 is 1.56 bits per heavy atom. The maximum Gasteiger partial charge on any atom is 0.127 e. The molecular formula is C12H13BrFN3S. The van der Waals surface area contributed by atoms with E-state index in [0.717, 1.165) is 15.0 Å². The van der Waals surface area contributed by atoms with Gasteiger partial charge < -0.3 is 0 Å². The van der Waals surface area contributed by atoms with Gasteiger partial charge in [-0.1, -0.05) is 22.0 Å². The largest absolute Gasteiger partial charge is 0.271 e. The Balaban J connectivity index is 2.23. The zero-order valence-electron chi connectivity index (χ0n) is 9.78. The highest BCUT2D eigenvalue weighted by molar-refractivity contribution is 9.10.